The Labute approximate surface area is 248 Å². The van der Waals surface area contributed by atoms with Gasteiger partial charge < -0.3 is 29.1 Å². The largest absolute Gasteiger partial charge is 0.494 e. The minimum Gasteiger partial charge on any atom is -0.494 e. The summed E-state index contributed by atoms with van der Waals surface area (Å²) in [5.41, 5.74) is 3.39. The predicted molar refractivity (Wildman–Crippen MR) is 162 cm³/mol. The molecule has 10 heteroatoms. The molecular formula is C32H44F2N2O6. The van der Waals surface area contributed by atoms with E-state index in [4.69, 9.17) is 23.7 Å². The highest BCUT2D eigenvalue weighted by atomic mass is 19.1. The van der Waals surface area contributed by atoms with Crippen molar-refractivity contribution in [3.8, 4) is 28.5 Å². The second-order valence-corrected chi connectivity index (χ2v) is 8.13. The summed E-state index contributed by atoms with van der Waals surface area (Å²) in [5, 5.41) is 2.68. The van der Waals surface area contributed by atoms with Crippen molar-refractivity contribution in [3.05, 3.63) is 71.2 Å². The summed E-state index contributed by atoms with van der Waals surface area (Å²) in [5.74, 6) is 1.10. The Hall–Kier alpha value is -4.05. The maximum atomic E-state index is 13.4. The van der Waals surface area contributed by atoms with Crippen LogP contribution in [-0.2, 0) is 9.53 Å². The SMILES string of the molecule is CC.CC=O.CCNC(=O)c1ccc(OCCF)c(OC)c1.COc1ccc(C(C)OC)nc1-c1ccc(F)c(C)c1. The van der Waals surface area contributed by atoms with Gasteiger partial charge in [-0.05, 0) is 81.8 Å². The minimum atomic E-state index is -0.568. The van der Waals surface area contributed by atoms with Gasteiger partial charge in [-0.2, -0.15) is 0 Å². The number of aldehydes is 1. The van der Waals surface area contributed by atoms with Crippen LogP contribution in [0.5, 0.6) is 17.2 Å². The number of methoxy groups -OCH3 is 3. The van der Waals surface area contributed by atoms with E-state index in [0.717, 1.165) is 17.5 Å². The Balaban J connectivity index is 0.000000701. The third-order valence-corrected chi connectivity index (χ3v) is 5.40. The van der Waals surface area contributed by atoms with Gasteiger partial charge in [0.25, 0.3) is 5.91 Å². The van der Waals surface area contributed by atoms with Crippen molar-refractivity contribution in [2.45, 2.75) is 47.6 Å². The van der Waals surface area contributed by atoms with Crippen LogP contribution in [0.3, 0.4) is 0 Å². The highest BCUT2D eigenvalue weighted by Gasteiger charge is 2.14. The summed E-state index contributed by atoms with van der Waals surface area (Å²) in [6, 6.07) is 13.4. The molecule has 0 bridgehead atoms. The lowest BCUT2D eigenvalue weighted by Crippen LogP contribution is -2.22. The van der Waals surface area contributed by atoms with Crippen LogP contribution in [0.4, 0.5) is 8.78 Å². The zero-order valence-electron chi connectivity index (χ0n) is 26.0. The summed E-state index contributed by atoms with van der Waals surface area (Å²) in [6.07, 6.45) is 0.640. The van der Waals surface area contributed by atoms with Gasteiger partial charge in [0.15, 0.2) is 11.5 Å². The molecule has 0 spiro atoms. The third-order valence-electron chi connectivity index (χ3n) is 5.40. The van der Waals surface area contributed by atoms with Crippen molar-refractivity contribution in [1.82, 2.24) is 10.3 Å². The lowest BCUT2D eigenvalue weighted by Gasteiger charge is -2.14. The second kappa shape index (κ2) is 21.7. The summed E-state index contributed by atoms with van der Waals surface area (Å²) < 4.78 is 46.2. The first-order chi connectivity index (χ1) is 20.2. The first-order valence-electron chi connectivity index (χ1n) is 13.6. The Bertz CT molecular complexity index is 1220. The van der Waals surface area contributed by atoms with Crippen molar-refractivity contribution < 1.29 is 37.3 Å². The molecule has 0 fully saturated rings. The molecule has 232 valence electrons. The molecule has 0 saturated heterocycles. The van der Waals surface area contributed by atoms with Crippen LogP contribution < -0.4 is 19.5 Å². The Kier molecular flexibility index (Phi) is 19.6. The highest BCUT2D eigenvalue weighted by molar-refractivity contribution is 5.94. The Morgan fingerprint density at radius 1 is 1.00 bits per heavy atom. The van der Waals surface area contributed by atoms with E-state index in [-0.39, 0.29) is 24.4 Å². The maximum absolute atomic E-state index is 13.4. The number of alkyl halides is 1. The van der Waals surface area contributed by atoms with Crippen LogP contribution in [0.1, 0.15) is 62.3 Å². The lowest BCUT2D eigenvalue weighted by atomic mass is 10.1. The average molecular weight is 591 g/mol. The number of nitrogens with zero attached hydrogens (tertiary/aromatic N) is 1. The number of benzene rings is 2. The van der Waals surface area contributed by atoms with E-state index < -0.39 is 6.67 Å². The fourth-order valence-corrected chi connectivity index (χ4v) is 3.31. The highest BCUT2D eigenvalue weighted by Crippen LogP contribution is 2.31. The number of pyridine rings is 1. The molecule has 1 unspecified atom stereocenters. The molecule has 8 nitrogen and oxygen atoms in total. The first-order valence-corrected chi connectivity index (χ1v) is 13.6. The fraction of sp³-hybridized carbons (Fsp3) is 0.406. The van der Waals surface area contributed by atoms with E-state index in [2.05, 4.69) is 10.3 Å². The summed E-state index contributed by atoms with van der Waals surface area (Å²) in [7, 11) is 4.70. The molecule has 3 rings (SSSR count). The fourth-order valence-electron chi connectivity index (χ4n) is 3.31. The van der Waals surface area contributed by atoms with Crippen molar-refractivity contribution in [1.29, 1.82) is 0 Å². The standard InChI is InChI=1S/C16H18FNO2.C12H16FNO3.C2H4O.C2H6/c1-10-9-12(5-6-13(10)17)16-15(20-4)8-7-14(18-16)11(2)19-3;1-3-14-12(15)9-4-5-10(17-7-6-13)11(8-9)16-2;1-2-3;1-2/h5-9,11H,1-4H3;4-5,8H,3,6-7H2,1-2H3,(H,14,15);2H,1H3;1-2H3. The van der Waals surface area contributed by atoms with Crippen LogP contribution in [-0.4, -0.2) is 58.3 Å². The summed E-state index contributed by atoms with van der Waals surface area (Å²) >= 11 is 0. The number of nitrogens with one attached hydrogen (secondary N) is 1. The second-order valence-electron chi connectivity index (χ2n) is 8.13. The topological polar surface area (TPSA) is 96.0 Å². The maximum Gasteiger partial charge on any atom is 0.251 e. The van der Waals surface area contributed by atoms with E-state index in [9.17, 15) is 13.6 Å². The Morgan fingerprint density at radius 3 is 2.14 bits per heavy atom. The van der Waals surface area contributed by atoms with E-state index in [0.29, 0.717) is 40.6 Å². The lowest BCUT2D eigenvalue weighted by molar-refractivity contribution is -0.106. The van der Waals surface area contributed by atoms with Crippen molar-refractivity contribution in [2.75, 3.05) is 41.2 Å². The van der Waals surface area contributed by atoms with Gasteiger partial charge in [-0.1, -0.05) is 13.8 Å². The van der Waals surface area contributed by atoms with Crippen LogP contribution in [0, 0.1) is 12.7 Å². The molecular weight excluding hydrogens is 546 g/mol. The predicted octanol–water partition coefficient (Wildman–Crippen LogP) is 6.94. The number of carbonyl (C=O) groups excluding carboxylic acids is 2. The monoisotopic (exact) mass is 590 g/mol. The van der Waals surface area contributed by atoms with Crippen LogP contribution in [0.25, 0.3) is 11.3 Å². The average Bonchev–Trinajstić information content (AvgIpc) is 3.02. The van der Waals surface area contributed by atoms with Gasteiger partial charge in [0.05, 0.1) is 26.0 Å². The molecule has 2 aromatic carbocycles. The minimum absolute atomic E-state index is 0.0309. The molecule has 0 aliphatic carbocycles. The summed E-state index contributed by atoms with van der Waals surface area (Å²) in [4.78, 5) is 25.0. The Morgan fingerprint density at radius 2 is 1.62 bits per heavy atom. The molecule has 0 aliphatic heterocycles. The molecule has 1 atom stereocenters. The van der Waals surface area contributed by atoms with E-state index in [1.165, 1.54) is 20.1 Å². The smallest absolute Gasteiger partial charge is 0.251 e. The third kappa shape index (κ3) is 12.2. The van der Waals surface area contributed by atoms with Crippen LogP contribution in [0.2, 0.25) is 0 Å². The van der Waals surface area contributed by atoms with Crippen LogP contribution in [0.15, 0.2) is 48.5 Å². The number of aromatic nitrogens is 1. The molecule has 0 radical (unpaired) electrons. The van der Waals surface area contributed by atoms with Gasteiger partial charge in [-0.15, -0.1) is 0 Å². The van der Waals surface area contributed by atoms with E-state index in [1.54, 1.807) is 51.5 Å². The molecule has 1 aromatic heterocycles. The number of hydrogen-bond acceptors (Lipinski definition) is 7. The number of amides is 1. The zero-order valence-corrected chi connectivity index (χ0v) is 26.0. The van der Waals surface area contributed by atoms with Crippen LogP contribution >= 0.6 is 0 Å². The molecule has 42 heavy (non-hydrogen) atoms. The summed E-state index contributed by atoms with van der Waals surface area (Å²) in [6.45, 7) is 10.9. The molecule has 1 heterocycles. The number of rotatable bonds is 10. The first kappa shape index (κ1) is 38.0. The van der Waals surface area contributed by atoms with E-state index >= 15 is 0 Å². The van der Waals surface area contributed by atoms with Crippen molar-refractivity contribution in [2.24, 2.45) is 0 Å². The molecule has 1 N–H and O–H groups in total. The zero-order chi connectivity index (χ0) is 32.1. The van der Waals surface area contributed by atoms with Gasteiger partial charge in [0.1, 0.15) is 36.8 Å². The normalized spacial score (nSPS) is 10.3. The van der Waals surface area contributed by atoms with Gasteiger partial charge in [0, 0.05) is 24.8 Å². The number of carbonyl (C=O) groups is 2. The number of halogens is 2. The van der Waals surface area contributed by atoms with Gasteiger partial charge in [0.2, 0.25) is 0 Å². The van der Waals surface area contributed by atoms with E-state index in [1.807, 2.05) is 39.8 Å². The van der Waals surface area contributed by atoms with Gasteiger partial charge >= 0.3 is 0 Å². The van der Waals surface area contributed by atoms with Gasteiger partial charge in [-0.25, -0.2) is 13.8 Å². The quantitative estimate of drug-likeness (QED) is 0.256. The number of hydrogen-bond donors (Lipinski definition) is 1. The van der Waals surface area contributed by atoms with Crippen molar-refractivity contribution in [3.63, 3.8) is 0 Å². The number of aryl methyl sites for hydroxylation is 1. The van der Waals surface area contributed by atoms with Crippen molar-refractivity contribution >= 4 is 12.2 Å². The molecule has 3 aromatic rings. The molecule has 0 saturated carbocycles. The molecule has 0 aliphatic rings. The number of ether oxygens (including phenoxy) is 4. The van der Waals surface area contributed by atoms with Gasteiger partial charge in [-0.3, -0.25) is 4.79 Å². The molecule has 1 amide bonds.